The number of nitrogens with one attached hydrogen (secondary N) is 1. The van der Waals surface area contributed by atoms with E-state index in [2.05, 4.69) is 26.3 Å². The highest BCUT2D eigenvalue weighted by atomic mass is 35.5. The SMILES string of the molecule is CSc1ncc2c(n1)N1CCN=C1C(c1ccc(C(=O)Nc3ccccc3Cl)cc1)=C2. The number of rotatable bonds is 4. The lowest BCUT2D eigenvalue weighted by atomic mass is 9.97. The van der Waals surface area contributed by atoms with Gasteiger partial charge in [-0.1, -0.05) is 47.6 Å². The van der Waals surface area contributed by atoms with Crippen molar-refractivity contribution < 1.29 is 4.79 Å². The molecule has 2 aliphatic heterocycles. The Morgan fingerprint density at radius 2 is 1.97 bits per heavy atom. The van der Waals surface area contributed by atoms with Crippen LogP contribution in [-0.2, 0) is 0 Å². The number of amides is 1. The molecule has 0 spiro atoms. The lowest BCUT2D eigenvalue weighted by Gasteiger charge is -2.27. The fraction of sp³-hybridized carbons (Fsp3) is 0.130. The third-order valence-electron chi connectivity index (χ3n) is 5.17. The highest BCUT2D eigenvalue weighted by Gasteiger charge is 2.30. The Kier molecular flexibility index (Phi) is 5.21. The average Bonchev–Trinajstić information content (AvgIpc) is 3.30. The van der Waals surface area contributed by atoms with Gasteiger partial charge >= 0.3 is 0 Å². The molecular formula is C23H18ClN5OS. The van der Waals surface area contributed by atoms with E-state index in [1.165, 1.54) is 11.8 Å². The number of fused-ring (bicyclic) bond motifs is 3. The number of thioether (sulfide) groups is 1. The molecule has 6 nitrogen and oxygen atoms in total. The Morgan fingerprint density at radius 1 is 1.16 bits per heavy atom. The summed E-state index contributed by atoms with van der Waals surface area (Å²) >= 11 is 7.67. The summed E-state index contributed by atoms with van der Waals surface area (Å²) in [4.78, 5) is 28.6. The second kappa shape index (κ2) is 8.17. The first-order valence-electron chi connectivity index (χ1n) is 9.75. The molecule has 1 amide bonds. The molecule has 0 bridgehead atoms. The van der Waals surface area contributed by atoms with Crippen molar-refractivity contribution in [3.8, 4) is 0 Å². The summed E-state index contributed by atoms with van der Waals surface area (Å²) in [6.07, 6.45) is 5.89. The highest BCUT2D eigenvalue weighted by Crippen LogP contribution is 2.35. The van der Waals surface area contributed by atoms with Gasteiger partial charge in [-0.3, -0.25) is 9.79 Å². The molecular weight excluding hydrogens is 430 g/mol. The third-order valence-corrected chi connectivity index (χ3v) is 6.07. The van der Waals surface area contributed by atoms with Crippen LogP contribution in [0.2, 0.25) is 5.02 Å². The summed E-state index contributed by atoms with van der Waals surface area (Å²) < 4.78 is 0. The van der Waals surface area contributed by atoms with E-state index in [0.717, 1.165) is 46.6 Å². The monoisotopic (exact) mass is 447 g/mol. The fourth-order valence-corrected chi connectivity index (χ4v) is 4.18. The van der Waals surface area contributed by atoms with Crippen LogP contribution in [0, 0.1) is 0 Å². The van der Waals surface area contributed by atoms with Crippen LogP contribution in [0.3, 0.4) is 0 Å². The van der Waals surface area contributed by atoms with Gasteiger partial charge in [-0.15, -0.1) is 0 Å². The molecule has 0 unspecified atom stereocenters. The summed E-state index contributed by atoms with van der Waals surface area (Å²) in [6, 6.07) is 14.7. The van der Waals surface area contributed by atoms with Gasteiger partial charge in [0.05, 0.1) is 17.3 Å². The number of carbonyl (C=O) groups is 1. The van der Waals surface area contributed by atoms with Crippen molar-refractivity contribution >= 4 is 58.3 Å². The van der Waals surface area contributed by atoms with E-state index in [4.69, 9.17) is 16.6 Å². The van der Waals surface area contributed by atoms with Crippen LogP contribution in [0.1, 0.15) is 21.5 Å². The Balaban J connectivity index is 1.44. The predicted molar refractivity (Wildman–Crippen MR) is 127 cm³/mol. The van der Waals surface area contributed by atoms with Crippen LogP contribution in [0.25, 0.3) is 11.6 Å². The number of anilines is 2. The molecule has 8 heteroatoms. The largest absolute Gasteiger partial charge is 0.321 e. The Hall–Kier alpha value is -3.16. The van der Waals surface area contributed by atoms with Crippen LogP contribution in [-0.4, -0.2) is 41.1 Å². The Labute approximate surface area is 189 Å². The van der Waals surface area contributed by atoms with Crippen LogP contribution in [0.15, 0.2) is 64.9 Å². The zero-order chi connectivity index (χ0) is 21.4. The van der Waals surface area contributed by atoms with Crippen molar-refractivity contribution in [3.63, 3.8) is 0 Å². The Bertz CT molecular complexity index is 1240. The fourth-order valence-electron chi connectivity index (χ4n) is 3.66. The number of carbonyl (C=O) groups excluding carboxylic acids is 1. The number of hydrogen-bond acceptors (Lipinski definition) is 6. The maximum atomic E-state index is 12.6. The number of aromatic nitrogens is 2. The van der Waals surface area contributed by atoms with E-state index < -0.39 is 0 Å². The molecule has 0 saturated carbocycles. The van der Waals surface area contributed by atoms with Crippen molar-refractivity contribution in [2.75, 3.05) is 29.6 Å². The Morgan fingerprint density at radius 3 is 2.74 bits per heavy atom. The summed E-state index contributed by atoms with van der Waals surface area (Å²) in [7, 11) is 0. The zero-order valence-electron chi connectivity index (χ0n) is 16.7. The van der Waals surface area contributed by atoms with Gasteiger partial charge in [0.25, 0.3) is 5.91 Å². The van der Waals surface area contributed by atoms with E-state index >= 15 is 0 Å². The standard InChI is InChI=1S/C23H18ClN5OS/c1-31-23-26-13-16-12-17(21-25-10-11-29(21)20(16)28-23)14-6-8-15(9-7-14)22(30)27-19-5-3-2-4-18(19)24/h2-9,12-13H,10-11H2,1H3,(H,27,30). The normalized spacial score (nSPS) is 14.5. The number of aliphatic imine (C=N–C) groups is 1. The van der Waals surface area contributed by atoms with E-state index in [0.29, 0.717) is 16.3 Å². The number of halogens is 1. The van der Waals surface area contributed by atoms with Gasteiger partial charge in [-0.05, 0) is 42.2 Å². The lowest BCUT2D eigenvalue weighted by molar-refractivity contribution is 0.102. The highest BCUT2D eigenvalue weighted by molar-refractivity contribution is 7.98. The first-order valence-corrected chi connectivity index (χ1v) is 11.4. The molecule has 154 valence electrons. The zero-order valence-corrected chi connectivity index (χ0v) is 18.2. The van der Waals surface area contributed by atoms with Crippen LogP contribution in [0.4, 0.5) is 11.5 Å². The van der Waals surface area contributed by atoms with E-state index in [9.17, 15) is 4.79 Å². The van der Waals surface area contributed by atoms with E-state index in [-0.39, 0.29) is 5.91 Å². The van der Waals surface area contributed by atoms with Gasteiger partial charge in [0.2, 0.25) is 0 Å². The van der Waals surface area contributed by atoms with Crippen molar-refractivity contribution in [1.82, 2.24) is 9.97 Å². The summed E-state index contributed by atoms with van der Waals surface area (Å²) in [6.45, 7) is 1.52. The summed E-state index contributed by atoms with van der Waals surface area (Å²) in [5, 5.41) is 4.10. The van der Waals surface area contributed by atoms with Crippen LogP contribution >= 0.6 is 23.4 Å². The maximum Gasteiger partial charge on any atom is 0.255 e. The smallest absolute Gasteiger partial charge is 0.255 e. The van der Waals surface area contributed by atoms with Crippen molar-refractivity contribution in [2.45, 2.75) is 5.16 Å². The van der Waals surface area contributed by atoms with Crippen LogP contribution in [0.5, 0.6) is 0 Å². The molecule has 2 aliphatic rings. The van der Waals surface area contributed by atoms with Gasteiger partial charge in [0.1, 0.15) is 11.7 Å². The average molecular weight is 448 g/mol. The molecule has 5 rings (SSSR count). The van der Waals surface area contributed by atoms with Crippen LogP contribution < -0.4 is 10.2 Å². The predicted octanol–water partition coefficient (Wildman–Crippen LogP) is 4.88. The lowest BCUT2D eigenvalue weighted by Crippen LogP contribution is -2.32. The number of nitrogens with zero attached hydrogens (tertiary/aromatic N) is 4. The molecule has 1 aromatic heterocycles. The molecule has 31 heavy (non-hydrogen) atoms. The minimum atomic E-state index is -0.208. The third kappa shape index (κ3) is 3.71. The van der Waals surface area contributed by atoms with Gasteiger partial charge in [-0.25, -0.2) is 9.97 Å². The molecule has 0 atom stereocenters. The first-order chi connectivity index (χ1) is 15.1. The van der Waals surface area contributed by atoms with Crippen molar-refractivity contribution in [2.24, 2.45) is 4.99 Å². The maximum absolute atomic E-state index is 12.6. The number of benzene rings is 2. The first kappa shape index (κ1) is 19.8. The molecule has 3 aromatic rings. The van der Waals surface area contributed by atoms with Gasteiger partial charge in [0, 0.05) is 29.4 Å². The quantitative estimate of drug-likeness (QED) is 0.456. The van der Waals surface area contributed by atoms with Gasteiger partial charge in [-0.2, -0.15) is 0 Å². The number of amidine groups is 1. The second-order valence-corrected chi connectivity index (χ2v) is 8.24. The molecule has 1 N–H and O–H groups in total. The summed E-state index contributed by atoms with van der Waals surface area (Å²) in [5.41, 5.74) is 4.10. The van der Waals surface area contributed by atoms with Gasteiger partial charge < -0.3 is 10.2 Å². The molecule has 0 aliphatic carbocycles. The molecule has 0 fully saturated rings. The number of hydrogen-bond donors (Lipinski definition) is 1. The minimum Gasteiger partial charge on any atom is -0.321 e. The second-order valence-electron chi connectivity index (χ2n) is 7.06. The van der Waals surface area contributed by atoms with E-state index in [1.54, 1.807) is 12.1 Å². The van der Waals surface area contributed by atoms with Crippen molar-refractivity contribution in [3.05, 3.63) is 76.4 Å². The minimum absolute atomic E-state index is 0.208. The molecule has 2 aromatic carbocycles. The number of para-hydroxylation sites is 1. The summed E-state index contributed by atoms with van der Waals surface area (Å²) in [5.74, 6) is 1.60. The molecule has 0 radical (unpaired) electrons. The topological polar surface area (TPSA) is 70.5 Å². The molecule has 0 saturated heterocycles. The van der Waals surface area contributed by atoms with E-state index in [1.807, 2.05) is 48.9 Å². The van der Waals surface area contributed by atoms with Gasteiger partial charge in [0.15, 0.2) is 5.16 Å². The van der Waals surface area contributed by atoms with Crippen molar-refractivity contribution in [1.29, 1.82) is 0 Å². The molecule has 3 heterocycles.